The molecule has 0 bridgehead atoms. The van der Waals surface area contributed by atoms with Crippen LogP contribution < -0.4 is 5.32 Å². The molecular formula is C15H21NOS. The Hall–Kier alpha value is -0.510. The molecule has 98 valence electrons. The Kier molecular flexibility index (Phi) is 3.92. The van der Waals surface area contributed by atoms with Gasteiger partial charge in [-0.15, -0.1) is 11.8 Å². The Labute approximate surface area is 113 Å². The zero-order valence-electron chi connectivity index (χ0n) is 10.6. The molecule has 1 aliphatic heterocycles. The second-order valence-electron chi connectivity index (χ2n) is 5.44. The second kappa shape index (κ2) is 5.64. The molecule has 18 heavy (non-hydrogen) atoms. The van der Waals surface area contributed by atoms with Crippen molar-refractivity contribution in [2.45, 2.75) is 41.9 Å². The second-order valence-corrected chi connectivity index (χ2v) is 6.78. The normalized spacial score (nSPS) is 30.6. The molecule has 0 spiro atoms. The molecule has 1 aliphatic carbocycles. The van der Waals surface area contributed by atoms with Gasteiger partial charge in [0.15, 0.2) is 0 Å². The van der Waals surface area contributed by atoms with Gasteiger partial charge in [-0.05, 0) is 36.8 Å². The Balaban J connectivity index is 1.51. The van der Waals surface area contributed by atoms with Crippen LogP contribution in [0.15, 0.2) is 29.2 Å². The Morgan fingerprint density at radius 3 is 3.00 bits per heavy atom. The average Bonchev–Trinajstić information content (AvgIpc) is 3.01. The molecule has 3 heteroatoms. The fraction of sp³-hybridized carbons (Fsp3) is 0.600. The lowest BCUT2D eigenvalue weighted by atomic mass is 10.0. The number of hydrogen-bond acceptors (Lipinski definition) is 3. The minimum Gasteiger partial charge on any atom is -0.396 e. The predicted molar refractivity (Wildman–Crippen MR) is 76.0 cm³/mol. The molecule has 2 N–H and O–H groups in total. The van der Waals surface area contributed by atoms with Gasteiger partial charge in [-0.3, -0.25) is 0 Å². The molecule has 0 amide bonds. The lowest BCUT2D eigenvalue weighted by Gasteiger charge is -2.21. The summed E-state index contributed by atoms with van der Waals surface area (Å²) in [6.07, 6.45) is 4.87. The summed E-state index contributed by atoms with van der Waals surface area (Å²) >= 11 is 2.00. The van der Waals surface area contributed by atoms with E-state index in [1.165, 1.54) is 36.1 Å². The number of aliphatic hydroxyl groups excluding tert-OH is 1. The molecule has 0 radical (unpaired) electrons. The van der Waals surface area contributed by atoms with Crippen LogP contribution >= 0.6 is 11.8 Å². The standard InChI is InChI=1S/C15H21NOS/c17-10-12-5-3-6-14(12)16-9-13-8-11-4-1-2-7-15(11)18-13/h1-2,4,7,12-14,16-17H,3,5-6,8-10H2. The van der Waals surface area contributed by atoms with E-state index in [2.05, 4.69) is 29.6 Å². The highest BCUT2D eigenvalue weighted by Gasteiger charge is 2.28. The topological polar surface area (TPSA) is 32.3 Å². The molecule has 3 atom stereocenters. The van der Waals surface area contributed by atoms with Crippen LogP contribution in [-0.4, -0.2) is 29.5 Å². The number of thioether (sulfide) groups is 1. The first-order valence-corrected chi connectivity index (χ1v) is 7.83. The quantitative estimate of drug-likeness (QED) is 0.875. The molecule has 1 fully saturated rings. The van der Waals surface area contributed by atoms with Gasteiger partial charge in [0.05, 0.1) is 0 Å². The minimum atomic E-state index is 0.343. The summed E-state index contributed by atoms with van der Waals surface area (Å²) < 4.78 is 0. The first-order chi connectivity index (χ1) is 8.86. The lowest BCUT2D eigenvalue weighted by Crippen LogP contribution is -2.38. The van der Waals surface area contributed by atoms with E-state index in [-0.39, 0.29) is 0 Å². The molecule has 0 aromatic heterocycles. The van der Waals surface area contributed by atoms with E-state index in [9.17, 15) is 5.11 Å². The van der Waals surface area contributed by atoms with E-state index in [1.807, 2.05) is 11.8 Å². The minimum absolute atomic E-state index is 0.343. The van der Waals surface area contributed by atoms with Crippen molar-refractivity contribution in [1.82, 2.24) is 5.32 Å². The van der Waals surface area contributed by atoms with Crippen molar-refractivity contribution in [2.75, 3.05) is 13.2 Å². The third-order valence-corrected chi connectivity index (χ3v) is 5.53. The van der Waals surface area contributed by atoms with Gasteiger partial charge in [0.1, 0.15) is 0 Å². The zero-order valence-corrected chi connectivity index (χ0v) is 11.5. The van der Waals surface area contributed by atoms with Gasteiger partial charge in [-0.1, -0.05) is 24.6 Å². The van der Waals surface area contributed by atoms with Gasteiger partial charge in [0.25, 0.3) is 0 Å². The van der Waals surface area contributed by atoms with Crippen molar-refractivity contribution >= 4 is 11.8 Å². The molecule has 1 aromatic rings. The highest BCUT2D eigenvalue weighted by Crippen LogP contribution is 2.36. The van der Waals surface area contributed by atoms with Gasteiger partial charge in [-0.2, -0.15) is 0 Å². The molecule has 2 aliphatic rings. The molecule has 1 aromatic carbocycles. The lowest BCUT2D eigenvalue weighted by molar-refractivity contribution is 0.206. The van der Waals surface area contributed by atoms with Crippen LogP contribution in [0.3, 0.4) is 0 Å². The summed E-state index contributed by atoms with van der Waals surface area (Å²) in [7, 11) is 0. The van der Waals surface area contributed by atoms with Crippen molar-refractivity contribution in [3.8, 4) is 0 Å². The van der Waals surface area contributed by atoms with Gasteiger partial charge in [0, 0.05) is 29.3 Å². The van der Waals surface area contributed by atoms with Crippen molar-refractivity contribution in [3.05, 3.63) is 29.8 Å². The summed E-state index contributed by atoms with van der Waals surface area (Å²) in [6, 6.07) is 9.27. The third-order valence-electron chi connectivity index (χ3n) is 4.22. The van der Waals surface area contributed by atoms with Crippen molar-refractivity contribution in [2.24, 2.45) is 5.92 Å². The van der Waals surface area contributed by atoms with Crippen LogP contribution in [-0.2, 0) is 6.42 Å². The molecule has 1 heterocycles. The highest BCUT2D eigenvalue weighted by atomic mass is 32.2. The first kappa shape index (κ1) is 12.5. The van der Waals surface area contributed by atoms with Crippen LogP contribution in [0.2, 0.25) is 0 Å². The van der Waals surface area contributed by atoms with Crippen molar-refractivity contribution in [1.29, 1.82) is 0 Å². The maximum atomic E-state index is 9.33. The van der Waals surface area contributed by atoms with Gasteiger partial charge < -0.3 is 10.4 Å². The fourth-order valence-electron chi connectivity index (χ4n) is 3.17. The van der Waals surface area contributed by atoms with Crippen LogP contribution in [0, 0.1) is 5.92 Å². The van der Waals surface area contributed by atoms with E-state index in [4.69, 9.17) is 0 Å². The van der Waals surface area contributed by atoms with Crippen LogP contribution in [0.1, 0.15) is 24.8 Å². The van der Waals surface area contributed by atoms with Crippen LogP contribution in [0.25, 0.3) is 0 Å². The number of aliphatic hydroxyl groups is 1. The van der Waals surface area contributed by atoms with E-state index in [0.717, 1.165) is 6.54 Å². The number of nitrogens with one attached hydrogen (secondary N) is 1. The van der Waals surface area contributed by atoms with Gasteiger partial charge in [0.2, 0.25) is 0 Å². The summed E-state index contributed by atoms with van der Waals surface area (Å²) in [5.41, 5.74) is 1.50. The van der Waals surface area contributed by atoms with E-state index < -0.39 is 0 Å². The number of fused-ring (bicyclic) bond motifs is 1. The molecule has 1 saturated carbocycles. The van der Waals surface area contributed by atoms with E-state index >= 15 is 0 Å². The maximum Gasteiger partial charge on any atom is 0.0474 e. The smallest absolute Gasteiger partial charge is 0.0474 e. The zero-order chi connectivity index (χ0) is 12.4. The van der Waals surface area contributed by atoms with Gasteiger partial charge in [-0.25, -0.2) is 0 Å². The van der Waals surface area contributed by atoms with E-state index in [0.29, 0.717) is 23.8 Å². The summed E-state index contributed by atoms with van der Waals surface area (Å²) in [4.78, 5) is 1.45. The SMILES string of the molecule is OCC1CCCC1NCC1Cc2ccccc2S1. The number of hydrogen-bond donors (Lipinski definition) is 2. The number of rotatable bonds is 4. The Morgan fingerprint density at radius 2 is 2.17 bits per heavy atom. The molecule has 2 nitrogen and oxygen atoms in total. The highest BCUT2D eigenvalue weighted by molar-refractivity contribution is 8.00. The monoisotopic (exact) mass is 263 g/mol. The summed E-state index contributed by atoms with van der Waals surface area (Å²) in [5, 5.41) is 13.7. The number of benzene rings is 1. The van der Waals surface area contributed by atoms with Crippen LogP contribution in [0.5, 0.6) is 0 Å². The molecule has 0 saturated heterocycles. The summed E-state index contributed by atoms with van der Waals surface area (Å²) in [5.74, 6) is 0.485. The summed E-state index contributed by atoms with van der Waals surface area (Å²) in [6.45, 7) is 1.41. The largest absolute Gasteiger partial charge is 0.396 e. The predicted octanol–water partition coefficient (Wildman–Crippen LogP) is 2.45. The van der Waals surface area contributed by atoms with Crippen molar-refractivity contribution < 1.29 is 5.11 Å². The molecular weight excluding hydrogens is 242 g/mol. The maximum absolute atomic E-state index is 9.33. The van der Waals surface area contributed by atoms with Crippen molar-refractivity contribution in [3.63, 3.8) is 0 Å². The molecule has 3 rings (SSSR count). The third kappa shape index (κ3) is 2.58. The fourth-order valence-corrected chi connectivity index (χ4v) is 4.44. The Morgan fingerprint density at radius 1 is 1.28 bits per heavy atom. The van der Waals surface area contributed by atoms with E-state index in [1.54, 1.807) is 0 Å². The first-order valence-electron chi connectivity index (χ1n) is 6.95. The Bertz CT molecular complexity index is 384. The van der Waals surface area contributed by atoms with Gasteiger partial charge >= 0.3 is 0 Å². The van der Waals surface area contributed by atoms with Crippen LogP contribution in [0.4, 0.5) is 0 Å². The average molecular weight is 263 g/mol. The molecule has 3 unspecified atom stereocenters.